The molecule has 5 heteroatoms. The summed E-state index contributed by atoms with van der Waals surface area (Å²) in [6.45, 7) is 1.99. The predicted octanol–water partition coefficient (Wildman–Crippen LogP) is 2.42. The topological polar surface area (TPSA) is 51.2 Å². The van der Waals surface area contributed by atoms with Crippen LogP contribution in [0.2, 0.25) is 0 Å². The third-order valence-electron chi connectivity index (χ3n) is 2.59. The van der Waals surface area contributed by atoms with Crippen LogP contribution in [-0.2, 0) is 13.5 Å². The van der Waals surface area contributed by atoms with Gasteiger partial charge in [-0.05, 0) is 22.0 Å². The number of rotatable bonds is 3. The van der Waals surface area contributed by atoms with Crippen molar-refractivity contribution < 1.29 is 9.52 Å². The fraction of sp³-hybridized carbons (Fsp3) is 0.364. The van der Waals surface area contributed by atoms with Crippen LogP contribution in [0.25, 0.3) is 0 Å². The van der Waals surface area contributed by atoms with E-state index >= 15 is 0 Å². The number of hydrogen-bond donors (Lipinski definition) is 1. The maximum atomic E-state index is 10.3. The molecule has 1 atom stereocenters. The molecule has 0 aliphatic rings. The average Bonchev–Trinajstić information content (AvgIpc) is 2.85. The zero-order valence-corrected chi connectivity index (χ0v) is 10.7. The van der Waals surface area contributed by atoms with Gasteiger partial charge in [-0.3, -0.25) is 4.68 Å². The molecule has 2 aromatic heterocycles. The Morgan fingerprint density at radius 2 is 2.38 bits per heavy atom. The van der Waals surface area contributed by atoms with Gasteiger partial charge in [0.15, 0.2) is 0 Å². The predicted molar refractivity (Wildman–Crippen MR) is 63.1 cm³/mol. The quantitative estimate of drug-likeness (QED) is 0.942. The summed E-state index contributed by atoms with van der Waals surface area (Å²) in [6.07, 6.45) is 3.32. The molecule has 0 bridgehead atoms. The van der Waals surface area contributed by atoms with Gasteiger partial charge in [0.25, 0.3) is 0 Å². The van der Waals surface area contributed by atoms with Gasteiger partial charge in [0.05, 0.1) is 22.6 Å². The Balaban J connectivity index is 2.43. The van der Waals surface area contributed by atoms with Crippen LogP contribution in [0.5, 0.6) is 0 Å². The highest BCUT2D eigenvalue weighted by molar-refractivity contribution is 9.10. The minimum absolute atomic E-state index is 0.712. The summed E-state index contributed by atoms with van der Waals surface area (Å²) in [4.78, 5) is 0. The van der Waals surface area contributed by atoms with Crippen molar-refractivity contribution in [1.29, 1.82) is 0 Å². The largest absolute Gasteiger partial charge is 0.469 e. The second-order valence-corrected chi connectivity index (χ2v) is 4.41. The SMILES string of the molecule is CCc1occc1C(O)c1c(Br)cnn1C. The fourth-order valence-corrected chi connectivity index (χ4v) is 2.32. The number of aliphatic hydroxyl groups excluding tert-OH is 1. The molecule has 16 heavy (non-hydrogen) atoms. The standard InChI is InChI=1S/C11H13BrN2O2/c1-3-9-7(4-5-16-9)11(15)10-8(12)6-13-14(10)2/h4-6,11,15H,3H2,1-2H3. The zero-order valence-electron chi connectivity index (χ0n) is 9.14. The van der Waals surface area contributed by atoms with Gasteiger partial charge in [-0.1, -0.05) is 6.92 Å². The molecule has 0 aromatic carbocycles. The number of aliphatic hydroxyl groups is 1. The number of aromatic nitrogens is 2. The van der Waals surface area contributed by atoms with Gasteiger partial charge in [-0.25, -0.2) is 0 Å². The van der Waals surface area contributed by atoms with E-state index in [-0.39, 0.29) is 0 Å². The Morgan fingerprint density at radius 1 is 1.62 bits per heavy atom. The first-order valence-electron chi connectivity index (χ1n) is 5.06. The lowest BCUT2D eigenvalue weighted by Gasteiger charge is -2.11. The monoisotopic (exact) mass is 284 g/mol. The Hall–Kier alpha value is -1.07. The average molecular weight is 285 g/mol. The van der Waals surface area contributed by atoms with Crippen molar-refractivity contribution in [3.05, 3.63) is 40.0 Å². The van der Waals surface area contributed by atoms with E-state index in [0.29, 0.717) is 0 Å². The highest BCUT2D eigenvalue weighted by Crippen LogP contribution is 2.30. The van der Waals surface area contributed by atoms with Gasteiger partial charge in [0.1, 0.15) is 11.9 Å². The first-order valence-corrected chi connectivity index (χ1v) is 5.86. The van der Waals surface area contributed by atoms with Gasteiger partial charge in [0, 0.05) is 19.0 Å². The molecule has 1 unspecified atom stereocenters. The van der Waals surface area contributed by atoms with Crippen molar-refractivity contribution in [3.8, 4) is 0 Å². The maximum absolute atomic E-state index is 10.3. The van der Waals surface area contributed by atoms with Crippen LogP contribution in [0.4, 0.5) is 0 Å². The van der Waals surface area contributed by atoms with Gasteiger partial charge in [0.2, 0.25) is 0 Å². The van der Waals surface area contributed by atoms with Crippen LogP contribution in [-0.4, -0.2) is 14.9 Å². The van der Waals surface area contributed by atoms with Gasteiger partial charge < -0.3 is 9.52 Å². The first kappa shape index (κ1) is 11.4. The van der Waals surface area contributed by atoms with E-state index < -0.39 is 6.10 Å². The Bertz CT molecular complexity index is 470. The number of nitrogens with zero attached hydrogens (tertiary/aromatic N) is 2. The van der Waals surface area contributed by atoms with Crippen LogP contribution in [0.1, 0.15) is 30.0 Å². The lowest BCUT2D eigenvalue weighted by molar-refractivity contribution is 0.206. The normalized spacial score (nSPS) is 13.0. The summed E-state index contributed by atoms with van der Waals surface area (Å²) in [6, 6.07) is 1.79. The van der Waals surface area contributed by atoms with Crippen LogP contribution in [0.3, 0.4) is 0 Å². The molecular formula is C11H13BrN2O2. The van der Waals surface area contributed by atoms with Crippen molar-refractivity contribution in [3.63, 3.8) is 0 Å². The molecule has 0 fully saturated rings. The molecule has 2 aromatic rings. The number of halogens is 1. The van der Waals surface area contributed by atoms with Gasteiger partial charge in [-0.15, -0.1) is 0 Å². The molecular weight excluding hydrogens is 272 g/mol. The molecule has 0 amide bonds. The minimum Gasteiger partial charge on any atom is -0.469 e. The van der Waals surface area contributed by atoms with Crippen molar-refractivity contribution in [1.82, 2.24) is 9.78 Å². The van der Waals surface area contributed by atoms with E-state index in [1.165, 1.54) is 0 Å². The highest BCUT2D eigenvalue weighted by Gasteiger charge is 2.21. The van der Waals surface area contributed by atoms with Crippen LogP contribution in [0, 0.1) is 0 Å². The van der Waals surface area contributed by atoms with Crippen molar-refractivity contribution in [2.75, 3.05) is 0 Å². The summed E-state index contributed by atoms with van der Waals surface area (Å²) in [5.74, 6) is 0.806. The van der Waals surface area contributed by atoms with E-state index in [2.05, 4.69) is 21.0 Å². The molecule has 2 rings (SSSR count). The molecule has 0 radical (unpaired) electrons. The number of furan rings is 1. The smallest absolute Gasteiger partial charge is 0.125 e. The number of hydrogen-bond acceptors (Lipinski definition) is 3. The zero-order chi connectivity index (χ0) is 11.7. The van der Waals surface area contributed by atoms with E-state index in [9.17, 15) is 5.11 Å². The van der Waals surface area contributed by atoms with E-state index in [1.807, 2.05) is 6.92 Å². The second-order valence-electron chi connectivity index (χ2n) is 3.56. The van der Waals surface area contributed by atoms with Gasteiger partial charge >= 0.3 is 0 Å². The first-order chi connectivity index (χ1) is 7.65. The minimum atomic E-state index is -0.712. The van der Waals surface area contributed by atoms with Crippen LogP contribution < -0.4 is 0 Å². The van der Waals surface area contributed by atoms with E-state index in [4.69, 9.17) is 4.42 Å². The molecule has 0 spiro atoms. The van der Waals surface area contributed by atoms with Crippen molar-refractivity contribution in [2.24, 2.45) is 7.05 Å². The van der Waals surface area contributed by atoms with Crippen LogP contribution >= 0.6 is 15.9 Å². The fourth-order valence-electron chi connectivity index (χ4n) is 1.76. The molecule has 0 aliphatic carbocycles. The molecule has 0 saturated carbocycles. The highest BCUT2D eigenvalue weighted by atomic mass is 79.9. The Kier molecular flexibility index (Phi) is 3.16. The third kappa shape index (κ3) is 1.81. The lowest BCUT2D eigenvalue weighted by Crippen LogP contribution is -2.08. The van der Waals surface area contributed by atoms with Crippen molar-refractivity contribution in [2.45, 2.75) is 19.4 Å². The third-order valence-corrected chi connectivity index (χ3v) is 3.20. The maximum Gasteiger partial charge on any atom is 0.125 e. The summed E-state index contributed by atoms with van der Waals surface area (Å²) in [5.41, 5.74) is 1.53. The van der Waals surface area contributed by atoms with Crippen molar-refractivity contribution >= 4 is 15.9 Å². The summed E-state index contributed by atoms with van der Waals surface area (Å²) < 4.78 is 7.76. The molecule has 2 heterocycles. The lowest BCUT2D eigenvalue weighted by atomic mass is 10.1. The Morgan fingerprint density at radius 3 is 2.94 bits per heavy atom. The molecule has 4 nitrogen and oxygen atoms in total. The van der Waals surface area contributed by atoms with Gasteiger partial charge in [-0.2, -0.15) is 5.10 Å². The second kappa shape index (κ2) is 4.43. The summed E-state index contributed by atoms with van der Waals surface area (Å²) in [5, 5.41) is 14.4. The molecule has 1 N–H and O–H groups in total. The number of aryl methyl sites for hydroxylation is 2. The summed E-state index contributed by atoms with van der Waals surface area (Å²) >= 11 is 3.38. The molecule has 86 valence electrons. The Labute approximate surface area is 102 Å². The van der Waals surface area contributed by atoms with E-state index in [1.54, 1.807) is 30.3 Å². The van der Waals surface area contributed by atoms with Crippen LogP contribution in [0.15, 0.2) is 27.4 Å². The molecule has 0 aliphatic heterocycles. The van der Waals surface area contributed by atoms with E-state index in [0.717, 1.165) is 27.9 Å². The summed E-state index contributed by atoms with van der Waals surface area (Å²) in [7, 11) is 1.80. The molecule has 0 saturated heterocycles.